The molecule has 36 heavy (non-hydrogen) atoms. The van der Waals surface area contributed by atoms with Crippen LogP contribution in [-0.4, -0.2) is 43.8 Å². The lowest BCUT2D eigenvalue weighted by Crippen LogP contribution is -2.37. The minimum Gasteiger partial charge on any atom is -0.444 e. The lowest BCUT2D eigenvalue weighted by molar-refractivity contribution is 0.0228. The van der Waals surface area contributed by atoms with E-state index in [9.17, 15) is 4.79 Å². The quantitative estimate of drug-likeness (QED) is 0.160. The zero-order valence-corrected chi connectivity index (χ0v) is 23.2. The molecule has 1 aliphatic heterocycles. The zero-order valence-electron chi connectivity index (χ0n) is 20.9. The van der Waals surface area contributed by atoms with Gasteiger partial charge in [-0.1, -0.05) is 54.1 Å². The monoisotopic (exact) mass is 574 g/mol. The third-order valence-electron chi connectivity index (χ3n) is 5.87. The third kappa shape index (κ3) is 6.87. The maximum atomic E-state index is 12.8. The summed E-state index contributed by atoms with van der Waals surface area (Å²) in [5, 5.41) is 1.22. The summed E-state index contributed by atoms with van der Waals surface area (Å²) in [4.78, 5) is 23.0. The van der Waals surface area contributed by atoms with Crippen molar-refractivity contribution >= 4 is 44.7 Å². The number of hydrogen-bond donors (Lipinski definition) is 0. The van der Waals surface area contributed by atoms with Gasteiger partial charge in [0.2, 0.25) is 0 Å². The molecule has 7 nitrogen and oxygen atoms in total. The van der Waals surface area contributed by atoms with Crippen molar-refractivity contribution in [1.82, 2.24) is 19.4 Å². The second-order valence-electron chi connectivity index (χ2n) is 9.91. The summed E-state index contributed by atoms with van der Waals surface area (Å²) in [6.07, 6.45) is 10.8. The van der Waals surface area contributed by atoms with E-state index >= 15 is 0 Å². The lowest BCUT2D eigenvalue weighted by atomic mass is 10.1. The largest absolute Gasteiger partial charge is 0.444 e. The number of carbonyl (C=O) groups is 1. The highest BCUT2D eigenvalue weighted by atomic mass is 79.9. The summed E-state index contributed by atoms with van der Waals surface area (Å²) in [5.74, 6) is 0. The summed E-state index contributed by atoms with van der Waals surface area (Å²) >= 11 is 9.81. The SMILES string of the molecule is CC(C)(C)OC(=O)N(CCC/C=C/C1CCC(n2cc(Br)c3c(Cl)ncnc32)O1)Cc1ccccc1. The maximum Gasteiger partial charge on any atom is 0.410 e. The van der Waals surface area contributed by atoms with Gasteiger partial charge < -0.3 is 18.9 Å². The third-order valence-corrected chi connectivity index (χ3v) is 6.76. The van der Waals surface area contributed by atoms with Crippen LogP contribution >= 0.6 is 27.5 Å². The highest BCUT2D eigenvalue weighted by molar-refractivity contribution is 9.10. The average molecular weight is 576 g/mol. The normalized spacial score (nSPS) is 18.2. The van der Waals surface area contributed by atoms with E-state index in [0.717, 1.165) is 46.8 Å². The number of fused-ring (bicyclic) bond motifs is 1. The van der Waals surface area contributed by atoms with Crippen LogP contribution < -0.4 is 0 Å². The Morgan fingerprint density at radius 2 is 2.06 bits per heavy atom. The minimum absolute atomic E-state index is 0.0369. The van der Waals surface area contributed by atoms with Gasteiger partial charge in [-0.2, -0.15) is 0 Å². The van der Waals surface area contributed by atoms with Gasteiger partial charge in [0.15, 0.2) is 0 Å². The molecule has 2 unspecified atom stereocenters. The molecule has 2 aromatic heterocycles. The van der Waals surface area contributed by atoms with Gasteiger partial charge in [-0.3, -0.25) is 0 Å². The molecule has 0 radical (unpaired) electrons. The molecule has 2 atom stereocenters. The van der Waals surface area contributed by atoms with E-state index in [1.807, 2.05) is 61.9 Å². The first-order chi connectivity index (χ1) is 17.2. The molecule has 4 rings (SSSR count). The molecule has 3 aromatic rings. The van der Waals surface area contributed by atoms with Crippen molar-refractivity contribution in [2.75, 3.05) is 6.54 Å². The van der Waals surface area contributed by atoms with Gasteiger partial charge >= 0.3 is 6.09 Å². The highest BCUT2D eigenvalue weighted by Crippen LogP contribution is 2.36. The van der Waals surface area contributed by atoms with Crippen molar-refractivity contribution in [3.05, 3.63) is 70.2 Å². The average Bonchev–Trinajstić information content (AvgIpc) is 3.42. The van der Waals surface area contributed by atoms with Crippen molar-refractivity contribution in [3.8, 4) is 0 Å². The summed E-state index contributed by atoms with van der Waals surface area (Å²) in [6.45, 7) is 6.81. The molecule has 3 heterocycles. The number of hydrogen-bond acceptors (Lipinski definition) is 5. The topological polar surface area (TPSA) is 69.5 Å². The molecule has 0 aliphatic carbocycles. The lowest BCUT2D eigenvalue weighted by Gasteiger charge is -2.27. The Bertz CT molecular complexity index is 1210. The molecule has 0 N–H and O–H groups in total. The Labute approximate surface area is 225 Å². The van der Waals surface area contributed by atoms with Crippen LogP contribution in [0.1, 0.15) is 58.2 Å². The van der Waals surface area contributed by atoms with Gasteiger partial charge in [-0.05, 0) is 67.9 Å². The number of benzene rings is 1. The number of unbranched alkanes of at least 4 members (excludes halogenated alkanes) is 1. The maximum absolute atomic E-state index is 12.8. The molecule has 192 valence electrons. The summed E-state index contributed by atoms with van der Waals surface area (Å²) < 4.78 is 14.8. The van der Waals surface area contributed by atoms with Gasteiger partial charge in [-0.25, -0.2) is 14.8 Å². The van der Waals surface area contributed by atoms with Crippen molar-refractivity contribution in [2.24, 2.45) is 0 Å². The van der Waals surface area contributed by atoms with Gasteiger partial charge in [0, 0.05) is 23.8 Å². The first-order valence-electron chi connectivity index (χ1n) is 12.2. The number of aromatic nitrogens is 3. The molecule has 9 heteroatoms. The highest BCUT2D eigenvalue weighted by Gasteiger charge is 2.27. The van der Waals surface area contributed by atoms with Crippen LogP contribution in [0.5, 0.6) is 0 Å². The molecular weight excluding hydrogens is 544 g/mol. The summed E-state index contributed by atoms with van der Waals surface area (Å²) in [7, 11) is 0. The van der Waals surface area contributed by atoms with Crippen LogP contribution in [0.15, 0.2) is 59.5 Å². The molecular formula is C27H32BrClN4O3. The molecule has 0 spiro atoms. The van der Waals surface area contributed by atoms with Crippen LogP contribution in [-0.2, 0) is 16.0 Å². The van der Waals surface area contributed by atoms with E-state index in [1.165, 1.54) is 6.33 Å². The second kappa shape index (κ2) is 11.8. The molecule has 0 saturated carbocycles. The first-order valence-corrected chi connectivity index (χ1v) is 13.4. The predicted molar refractivity (Wildman–Crippen MR) is 145 cm³/mol. The van der Waals surface area contributed by atoms with E-state index in [4.69, 9.17) is 21.1 Å². The van der Waals surface area contributed by atoms with Crippen LogP contribution in [0.25, 0.3) is 11.0 Å². The molecule has 0 bridgehead atoms. The van der Waals surface area contributed by atoms with Gasteiger partial charge in [-0.15, -0.1) is 0 Å². The van der Waals surface area contributed by atoms with E-state index in [0.29, 0.717) is 18.2 Å². The summed E-state index contributed by atoms with van der Waals surface area (Å²) in [5.41, 5.74) is 1.32. The zero-order chi connectivity index (χ0) is 25.7. The Morgan fingerprint density at radius 1 is 1.28 bits per heavy atom. The van der Waals surface area contributed by atoms with Crippen LogP contribution in [0.2, 0.25) is 5.15 Å². The smallest absolute Gasteiger partial charge is 0.410 e. The van der Waals surface area contributed by atoms with E-state index in [-0.39, 0.29) is 18.4 Å². The standard InChI is InChI=1S/C27H32BrClN4O3/c1-27(2,3)36-26(34)32(16-19-10-6-4-7-11-19)15-9-5-8-12-20-13-14-22(35-20)33-17-21(28)23-24(29)30-18-31-25(23)33/h4,6-8,10-12,17-18,20,22H,5,9,13-16H2,1-3H3/b12-8+. The Kier molecular flexibility index (Phi) is 8.70. The molecule has 1 saturated heterocycles. The molecule has 1 aromatic carbocycles. The van der Waals surface area contributed by atoms with Crippen LogP contribution in [0.4, 0.5) is 4.79 Å². The Hall–Kier alpha value is -2.42. The fourth-order valence-electron chi connectivity index (χ4n) is 4.23. The van der Waals surface area contributed by atoms with E-state index < -0.39 is 5.60 Å². The van der Waals surface area contributed by atoms with Crippen molar-refractivity contribution in [1.29, 1.82) is 0 Å². The number of allylic oxidation sites excluding steroid dienone is 1. The number of carbonyl (C=O) groups excluding carboxylic acids is 1. The molecule has 1 amide bonds. The number of nitrogens with zero attached hydrogens (tertiary/aromatic N) is 4. The van der Waals surface area contributed by atoms with Crippen molar-refractivity contribution in [2.45, 2.75) is 70.9 Å². The fraction of sp³-hybridized carbons (Fsp3) is 0.444. The van der Waals surface area contributed by atoms with Gasteiger partial charge in [0.05, 0.1) is 11.5 Å². The number of amides is 1. The molecule has 1 aliphatic rings. The number of ether oxygens (including phenoxy) is 2. The van der Waals surface area contributed by atoms with E-state index in [1.54, 1.807) is 4.90 Å². The predicted octanol–water partition coefficient (Wildman–Crippen LogP) is 7.30. The Morgan fingerprint density at radius 3 is 2.81 bits per heavy atom. The minimum atomic E-state index is -0.528. The van der Waals surface area contributed by atoms with Crippen LogP contribution in [0, 0.1) is 0 Å². The van der Waals surface area contributed by atoms with Crippen LogP contribution in [0.3, 0.4) is 0 Å². The second-order valence-corrected chi connectivity index (χ2v) is 11.1. The van der Waals surface area contributed by atoms with Crippen molar-refractivity contribution in [3.63, 3.8) is 0 Å². The number of halogens is 2. The molecule has 1 fully saturated rings. The summed E-state index contributed by atoms with van der Waals surface area (Å²) in [6, 6.07) is 9.99. The number of rotatable bonds is 8. The fourth-order valence-corrected chi connectivity index (χ4v) is 5.16. The van der Waals surface area contributed by atoms with Gasteiger partial charge in [0.1, 0.15) is 29.0 Å². The van der Waals surface area contributed by atoms with E-state index in [2.05, 4.69) is 38.0 Å². The van der Waals surface area contributed by atoms with Gasteiger partial charge in [0.25, 0.3) is 0 Å². The van der Waals surface area contributed by atoms with Crippen molar-refractivity contribution < 1.29 is 14.3 Å². The first kappa shape index (κ1) is 26.6. The Balaban J connectivity index is 1.30.